The van der Waals surface area contributed by atoms with Crippen molar-refractivity contribution in [3.8, 4) is 11.5 Å². The Morgan fingerprint density at radius 2 is 1.41 bits per heavy atom. The van der Waals surface area contributed by atoms with Crippen LogP contribution in [0.15, 0.2) is 133 Å². The molecular weight excluding hydrogens is 544 g/mol. The van der Waals surface area contributed by atoms with Crippen molar-refractivity contribution < 1.29 is 14.3 Å². The molecule has 0 unspecified atom stereocenters. The molecule has 44 heavy (non-hydrogen) atoms. The lowest BCUT2D eigenvalue weighted by Crippen LogP contribution is -2.43. The number of amides is 1. The molecule has 0 radical (unpaired) electrons. The predicted molar refractivity (Wildman–Crippen MR) is 174 cm³/mol. The van der Waals surface area contributed by atoms with Gasteiger partial charge in [-0.15, -0.1) is 0 Å². The van der Waals surface area contributed by atoms with Crippen LogP contribution < -0.4 is 9.47 Å². The van der Waals surface area contributed by atoms with Gasteiger partial charge in [0, 0.05) is 23.1 Å². The maximum absolute atomic E-state index is 14.8. The molecule has 0 fully saturated rings. The quantitative estimate of drug-likeness (QED) is 0.199. The number of rotatable bonds is 8. The van der Waals surface area contributed by atoms with Crippen LogP contribution in [0.1, 0.15) is 45.5 Å². The topological polar surface area (TPSA) is 54.6 Å². The summed E-state index contributed by atoms with van der Waals surface area (Å²) in [6.45, 7) is 1.10. The van der Waals surface area contributed by atoms with Gasteiger partial charge in [0.05, 0.1) is 19.1 Å². The van der Waals surface area contributed by atoms with Crippen molar-refractivity contribution in [2.45, 2.75) is 25.0 Å². The average molecular weight is 579 g/mol. The molecule has 6 aromatic rings. The molecule has 0 spiro atoms. The number of nitrogens with zero attached hydrogens (tertiary/aromatic N) is 1. The van der Waals surface area contributed by atoms with Crippen molar-refractivity contribution in [1.29, 1.82) is 0 Å². The summed E-state index contributed by atoms with van der Waals surface area (Å²) in [5.41, 5.74) is 7.44. The first-order chi connectivity index (χ1) is 21.7. The van der Waals surface area contributed by atoms with Crippen molar-refractivity contribution >= 4 is 16.8 Å². The van der Waals surface area contributed by atoms with Crippen LogP contribution in [-0.4, -0.2) is 29.4 Å². The van der Waals surface area contributed by atoms with Gasteiger partial charge in [0.25, 0.3) is 0 Å². The minimum Gasteiger partial charge on any atom is -0.497 e. The summed E-state index contributed by atoms with van der Waals surface area (Å²) < 4.78 is 11.7. The lowest BCUT2D eigenvalue weighted by atomic mass is 9.86. The molecule has 1 aliphatic rings. The first-order valence-electron chi connectivity index (χ1n) is 15.0. The van der Waals surface area contributed by atoms with Gasteiger partial charge in [-0.3, -0.25) is 4.79 Å². The Kier molecular flexibility index (Phi) is 7.60. The molecule has 5 aromatic carbocycles. The van der Waals surface area contributed by atoms with Crippen molar-refractivity contribution in [2.75, 3.05) is 13.7 Å². The van der Waals surface area contributed by atoms with Crippen LogP contribution in [0.3, 0.4) is 0 Å². The van der Waals surface area contributed by atoms with E-state index >= 15 is 0 Å². The average Bonchev–Trinajstić information content (AvgIpc) is 3.46. The minimum atomic E-state index is -0.417. The fraction of sp³-hybridized carbons (Fsp3) is 0.154. The number of methoxy groups -OCH3 is 1. The standard InChI is InChI=1S/C39H34N2O3/c1-43-32-21-22-35-34(25-32)33-23-24-41(39(42)36(28-13-7-3-8-14-28)29-15-9-4-10-16-29)38(37(33)40-35)30-17-19-31(20-18-30)44-26-27-11-5-2-6-12-27/h2-22,25,36,38,40H,23-24,26H2,1H3/t38-/m0/s1. The maximum Gasteiger partial charge on any atom is 0.235 e. The summed E-state index contributed by atoms with van der Waals surface area (Å²) >= 11 is 0. The number of ether oxygens (including phenoxy) is 2. The Morgan fingerprint density at radius 1 is 0.795 bits per heavy atom. The second kappa shape index (κ2) is 12.1. The number of carbonyl (C=O) groups excluding carboxylic acids is 1. The highest BCUT2D eigenvalue weighted by Crippen LogP contribution is 2.42. The molecule has 1 amide bonds. The second-order valence-electron chi connectivity index (χ2n) is 11.2. The predicted octanol–water partition coefficient (Wildman–Crippen LogP) is 8.06. The van der Waals surface area contributed by atoms with E-state index in [2.05, 4.69) is 46.3 Å². The number of benzene rings is 5. The number of aromatic nitrogens is 1. The molecule has 0 saturated heterocycles. The van der Waals surface area contributed by atoms with E-state index in [9.17, 15) is 4.79 Å². The normalized spacial score (nSPS) is 14.4. The van der Waals surface area contributed by atoms with Crippen molar-refractivity contribution in [1.82, 2.24) is 9.88 Å². The fourth-order valence-electron chi connectivity index (χ4n) is 6.40. The Balaban J connectivity index is 1.29. The largest absolute Gasteiger partial charge is 0.497 e. The lowest BCUT2D eigenvalue weighted by molar-refractivity contribution is -0.134. The van der Waals surface area contributed by atoms with Gasteiger partial charge in [-0.2, -0.15) is 0 Å². The van der Waals surface area contributed by atoms with E-state index in [1.807, 2.05) is 97.1 Å². The minimum absolute atomic E-state index is 0.0821. The van der Waals surface area contributed by atoms with E-state index in [0.29, 0.717) is 13.2 Å². The first-order valence-corrected chi connectivity index (χ1v) is 15.0. The zero-order valence-corrected chi connectivity index (χ0v) is 24.6. The first kappa shape index (κ1) is 27.5. The zero-order chi connectivity index (χ0) is 29.9. The van der Waals surface area contributed by atoms with Crippen molar-refractivity contribution in [3.05, 3.63) is 167 Å². The maximum atomic E-state index is 14.8. The molecule has 1 atom stereocenters. The molecule has 5 heteroatoms. The van der Waals surface area contributed by atoms with Gasteiger partial charge >= 0.3 is 0 Å². The Hall–Kier alpha value is -5.29. The van der Waals surface area contributed by atoms with Crippen molar-refractivity contribution in [2.24, 2.45) is 0 Å². The van der Waals surface area contributed by atoms with Crippen LogP contribution in [0.5, 0.6) is 11.5 Å². The summed E-state index contributed by atoms with van der Waals surface area (Å²) in [5.74, 6) is 1.28. The number of carbonyl (C=O) groups is 1. The molecule has 1 aromatic heterocycles. The molecule has 5 nitrogen and oxygen atoms in total. The third-order valence-corrected chi connectivity index (χ3v) is 8.57. The van der Waals surface area contributed by atoms with E-state index in [1.165, 1.54) is 5.56 Å². The molecule has 1 aliphatic heterocycles. The van der Waals surface area contributed by atoms with Crippen molar-refractivity contribution in [3.63, 3.8) is 0 Å². The molecule has 218 valence electrons. The number of fused-ring (bicyclic) bond motifs is 3. The number of hydrogen-bond acceptors (Lipinski definition) is 3. The molecular formula is C39H34N2O3. The van der Waals surface area contributed by atoms with E-state index in [4.69, 9.17) is 9.47 Å². The monoisotopic (exact) mass is 578 g/mol. The van der Waals surface area contributed by atoms with Gasteiger partial charge in [-0.05, 0) is 64.6 Å². The van der Waals surface area contributed by atoms with Crippen LogP contribution in [-0.2, 0) is 17.8 Å². The highest BCUT2D eigenvalue weighted by molar-refractivity contribution is 5.90. The summed E-state index contributed by atoms with van der Waals surface area (Å²) in [6, 6.07) is 44.4. The summed E-state index contributed by atoms with van der Waals surface area (Å²) in [7, 11) is 1.69. The van der Waals surface area contributed by atoms with Gasteiger partial charge in [0.15, 0.2) is 0 Å². The lowest BCUT2D eigenvalue weighted by Gasteiger charge is -2.38. The molecule has 0 aliphatic carbocycles. The molecule has 0 saturated carbocycles. The molecule has 0 bridgehead atoms. The third-order valence-electron chi connectivity index (χ3n) is 8.57. The van der Waals surface area contributed by atoms with Crippen LogP contribution in [0.25, 0.3) is 10.9 Å². The van der Waals surface area contributed by atoms with E-state index < -0.39 is 5.92 Å². The second-order valence-corrected chi connectivity index (χ2v) is 11.2. The Labute approximate surface area is 257 Å². The highest BCUT2D eigenvalue weighted by atomic mass is 16.5. The smallest absolute Gasteiger partial charge is 0.235 e. The van der Waals surface area contributed by atoms with E-state index in [0.717, 1.165) is 56.8 Å². The van der Waals surface area contributed by atoms with Crippen LogP contribution >= 0.6 is 0 Å². The van der Waals surface area contributed by atoms with E-state index in [-0.39, 0.29) is 11.9 Å². The Bertz CT molecular complexity index is 1830. The SMILES string of the molecule is COc1ccc2[nH]c3c(c2c1)CCN(C(=O)C(c1ccccc1)c1ccccc1)[C@H]3c1ccc(OCc2ccccc2)cc1. The number of H-pyrrole nitrogens is 1. The Morgan fingerprint density at radius 3 is 2.05 bits per heavy atom. The molecule has 1 N–H and O–H groups in total. The van der Waals surface area contributed by atoms with Gasteiger partial charge in [-0.25, -0.2) is 0 Å². The number of nitrogens with one attached hydrogen (secondary N) is 1. The fourth-order valence-corrected chi connectivity index (χ4v) is 6.40. The summed E-state index contributed by atoms with van der Waals surface area (Å²) in [4.78, 5) is 20.6. The summed E-state index contributed by atoms with van der Waals surface area (Å²) in [5, 5.41) is 1.14. The summed E-state index contributed by atoms with van der Waals surface area (Å²) in [6.07, 6.45) is 0.749. The van der Waals surface area contributed by atoms with Gasteiger partial charge in [-0.1, -0.05) is 103 Å². The molecule has 7 rings (SSSR count). The van der Waals surface area contributed by atoms with Gasteiger partial charge in [0.2, 0.25) is 5.91 Å². The van der Waals surface area contributed by atoms with Crippen LogP contribution in [0.4, 0.5) is 0 Å². The third kappa shape index (κ3) is 5.33. The zero-order valence-electron chi connectivity index (χ0n) is 24.6. The number of hydrogen-bond donors (Lipinski definition) is 1. The van der Waals surface area contributed by atoms with E-state index in [1.54, 1.807) is 7.11 Å². The van der Waals surface area contributed by atoms with Gasteiger partial charge in [0.1, 0.15) is 18.1 Å². The van der Waals surface area contributed by atoms with Crippen LogP contribution in [0, 0.1) is 0 Å². The van der Waals surface area contributed by atoms with Gasteiger partial charge < -0.3 is 19.4 Å². The molecule has 2 heterocycles. The number of aromatic amines is 1. The highest BCUT2D eigenvalue weighted by Gasteiger charge is 2.38. The van der Waals surface area contributed by atoms with Crippen LogP contribution in [0.2, 0.25) is 0 Å².